The molecule has 94 valence electrons. The second kappa shape index (κ2) is 4.74. The van der Waals surface area contributed by atoms with Gasteiger partial charge in [0.15, 0.2) is 0 Å². The summed E-state index contributed by atoms with van der Waals surface area (Å²) in [6.07, 6.45) is 1.39. The standard InChI is InChI=1S/C11H13N5O2/c1-6-2-7(16-18-6)4-14-10-3-8(11(13)17)9(12)5-15-10/h2-3,5H,4,12H2,1H3,(H2,13,17)(H,14,15). The molecule has 0 aliphatic carbocycles. The maximum Gasteiger partial charge on any atom is 0.250 e. The summed E-state index contributed by atoms with van der Waals surface area (Å²) in [5.74, 6) is 0.642. The van der Waals surface area contributed by atoms with E-state index in [0.29, 0.717) is 12.4 Å². The average molecular weight is 247 g/mol. The van der Waals surface area contributed by atoms with E-state index in [0.717, 1.165) is 11.5 Å². The summed E-state index contributed by atoms with van der Waals surface area (Å²) < 4.78 is 4.93. The number of nitrogens with zero attached hydrogens (tertiary/aromatic N) is 2. The Balaban J connectivity index is 2.10. The first-order valence-corrected chi connectivity index (χ1v) is 5.27. The maximum atomic E-state index is 11.1. The highest BCUT2D eigenvalue weighted by atomic mass is 16.5. The maximum absolute atomic E-state index is 11.1. The molecule has 0 fully saturated rings. The highest BCUT2D eigenvalue weighted by Gasteiger charge is 2.08. The summed E-state index contributed by atoms with van der Waals surface area (Å²) >= 11 is 0. The monoisotopic (exact) mass is 247 g/mol. The summed E-state index contributed by atoms with van der Waals surface area (Å²) in [5.41, 5.74) is 12.0. The van der Waals surface area contributed by atoms with Gasteiger partial charge >= 0.3 is 0 Å². The van der Waals surface area contributed by atoms with Gasteiger partial charge < -0.3 is 21.3 Å². The molecule has 0 bridgehead atoms. The molecule has 0 unspecified atom stereocenters. The highest BCUT2D eigenvalue weighted by molar-refractivity contribution is 5.98. The van der Waals surface area contributed by atoms with Crippen molar-refractivity contribution in [2.45, 2.75) is 13.5 Å². The van der Waals surface area contributed by atoms with Gasteiger partial charge in [-0.05, 0) is 13.0 Å². The number of aryl methyl sites for hydroxylation is 1. The Bertz CT molecular complexity index is 579. The van der Waals surface area contributed by atoms with Crippen molar-refractivity contribution in [1.82, 2.24) is 10.1 Å². The van der Waals surface area contributed by atoms with Crippen LogP contribution in [0.15, 0.2) is 22.9 Å². The van der Waals surface area contributed by atoms with Gasteiger partial charge in [-0.25, -0.2) is 4.98 Å². The summed E-state index contributed by atoms with van der Waals surface area (Å²) in [7, 11) is 0. The van der Waals surface area contributed by atoms with Crippen molar-refractivity contribution < 1.29 is 9.32 Å². The molecule has 5 N–H and O–H groups in total. The molecule has 0 aromatic carbocycles. The Morgan fingerprint density at radius 2 is 2.28 bits per heavy atom. The Morgan fingerprint density at radius 1 is 1.50 bits per heavy atom. The molecule has 18 heavy (non-hydrogen) atoms. The number of carbonyl (C=O) groups excluding carboxylic acids is 1. The van der Waals surface area contributed by atoms with Crippen LogP contribution < -0.4 is 16.8 Å². The number of nitrogens with one attached hydrogen (secondary N) is 1. The first-order chi connectivity index (χ1) is 8.56. The SMILES string of the molecule is Cc1cc(CNc2cc(C(N)=O)c(N)cn2)no1. The average Bonchev–Trinajstić information content (AvgIpc) is 2.74. The first-order valence-electron chi connectivity index (χ1n) is 5.27. The van der Waals surface area contributed by atoms with Gasteiger partial charge in [0.25, 0.3) is 5.91 Å². The van der Waals surface area contributed by atoms with E-state index in [1.807, 2.05) is 6.92 Å². The van der Waals surface area contributed by atoms with Crippen LogP contribution in [0.4, 0.5) is 11.5 Å². The van der Waals surface area contributed by atoms with E-state index in [1.165, 1.54) is 12.3 Å². The number of amides is 1. The fourth-order valence-corrected chi connectivity index (χ4v) is 1.46. The second-order valence-corrected chi connectivity index (χ2v) is 3.80. The molecular weight excluding hydrogens is 234 g/mol. The van der Waals surface area contributed by atoms with Crippen LogP contribution in [0.2, 0.25) is 0 Å². The Labute approximate surface area is 103 Å². The smallest absolute Gasteiger partial charge is 0.250 e. The minimum Gasteiger partial charge on any atom is -0.397 e. The molecule has 0 aliphatic rings. The van der Waals surface area contributed by atoms with Gasteiger partial charge in [0.2, 0.25) is 0 Å². The van der Waals surface area contributed by atoms with Crippen LogP contribution in [0.5, 0.6) is 0 Å². The summed E-state index contributed by atoms with van der Waals surface area (Å²) in [5, 5.41) is 6.82. The number of hydrogen-bond acceptors (Lipinski definition) is 6. The second-order valence-electron chi connectivity index (χ2n) is 3.80. The van der Waals surface area contributed by atoms with Crippen LogP contribution in [0.25, 0.3) is 0 Å². The Kier molecular flexibility index (Phi) is 3.13. The zero-order chi connectivity index (χ0) is 13.1. The van der Waals surface area contributed by atoms with E-state index >= 15 is 0 Å². The normalized spacial score (nSPS) is 10.3. The van der Waals surface area contributed by atoms with Gasteiger partial charge in [0.05, 0.1) is 24.0 Å². The molecule has 0 atom stereocenters. The van der Waals surface area contributed by atoms with Gasteiger partial charge in [0.1, 0.15) is 17.3 Å². The molecule has 0 radical (unpaired) electrons. The third-order valence-corrected chi connectivity index (χ3v) is 2.33. The number of pyridine rings is 1. The number of aromatic nitrogens is 2. The quantitative estimate of drug-likeness (QED) is 0.730. The van der Waals surface area contributed by atoms with Crippen molar-refractivity contribution in [3.8, 4) is 0 Å². The molecule has 2 aromatic heterocycles. The van der Waals surface area contributed by atoms with Gasteiger partial charge in [-0.3, -0.25) is 4.79 Å². The number of hydrogen-bond donors (Lipinski definition) is 3. The van der Waals surface area contributed by atoms with E-state index in [2.05, 4.69) is 15.5 Å². The largest absolute Gasteiger partial charge is 0.397 e. The molecule has 0 saturated carbocycles. The third-order valence-electron chi connectivity index (χ3n) is 2.33. The van der Waals surface area contributed by atoms with Crippen molar-refractivity contribution in [1.29, 1.82) is 0 Å². The van der Waals surface area contributed by atoms with Crippen LogP contribution in [0.3, 0.4) is 0 Å². The highest BCUT2D eigenvalue weighted by Crippen LogP contribution is 2.14. The van der Waals surface area contributed by atoms with Crippen LogP contribution in [-0.4, -0.2) is 16.0 Å². The van der Waals surface area contributed by atoms with Crippen molar-refractivity contribution in [3.63, 3.8) is 0 Å². The van der Waals surface area contributed by atoms with Crippen LogP contribution in [-0.2, 0) is 6.54 Å². The lowest BCUT2D eigenvalue weighted by Crippen LogP contribution is -2.14. The predicted molar refractivity (Wildman–Crippen MR) is 65.7 cm³/mol. The summed E-state index contributed by atoms with van der Waals surface area (Å²) in [4.78, 5) is 15.2. The molecule has 1 amide bonds. The number of nitrogens with two attached hydrogens (primary N) is 2. The fraction of sp³-hybridized carbons (Fsp3) is 0.182. The zero-order valence-corrected chi connectivity index (χ0v) is 9.80. The van der Waals surface area contributed by atoms with Crippen LogP contribution >= 0.6 is 0 Å². The molecule has 7 heteroatoms. The zero-order valence-electron chi connectivity index (χ0n) is 9.80. The molecular formula is C11H13N5O2. The van der Waals surface area contributed by atoms with Crippen molar-refractivity contribution in [3.05, 3.63) is 35.3 Å². The van der Waals surface area contributed by atoms with E-state index in [9.17, 15) is 4.79 Å². The number of nitrogen functional groups attached to an aromatic ring is 1. The Morgan fingerprint density at radius 3 is 2.89 bits per heavy atom. The molecule has 2 aromatic rings. The summed E-state index contributed by atoms with van der Waals surface area (Å²) in [6.45, 7) is 2.25. The summed E-state index contributed by atoms with van der Waals surface area (Å²) in [6, 6.07) is 3.31. The van der Waals surface area contributed by atoms with E-state index in [-0.39, 0.29) is 11.3 Å². The molecule has 2 rings (SSSR count). The van der Waals surface area contributed by atoms with E-state index in [1.54, 1.807) is 6.07 Å². The molecule has 0 aliphatic heterocycles. The first kappa shape index (κ1) is 11.9. The third kappa shape index (κ3) is 2.57. The van der Waals surface area contributed by atoms with Crippen LogP contribution in [0, 0.1) is 6.92 Å². The fourth-order valence-electron chi connectivity index (χ4n) is 1.46. The van der Waals surface area contributed by atoms with Crippen LogP contribution in [0.1, 0.15) is 21.8 Å². The van der Waals surface area contributed by atoms with Gasteiger partial charge in [-0.15, -0.1) is 0 Å². The molecule has 0 spiro atoms. The minimum absolute atomic E-state index is 0.240. The van der Waals surface area contributed by atoms with Gasteiger partial charge in [-0.1, -0.05) is 5.16 Å². The number of anilines is 2. The molecule has 7 nitrogen and oxygen atoms in total. The number of primary amides is 1. The lowest BCUT2D eigenvalue weighted by atomic mass is 10.2. The molecule has 0 saturated heterocycles. The Hall–Kier alpha value is -2.57. The number of rotatable bonds is 4. The minimum atomic E-state index is -0.588. The predicted octanol–water partition coefficient (Wildman–Crippen LogP) is 0.671. The van der Waals surface area contributed by atoms with Crippen molar-refractivity contribution in [2.75, 3.05) is 11.1 Å². The van der Waals surface area contributed by atoms with Crippen molar-refractivity contribution >= 4 is 17.4 Å². The van der Waals surface area contributed by atoms with Crippen molar-refractivity contribution in [2.24, 2.45) is 5.73 Å². The topological polar surface area (TPSA) is 120 Å². The number of carbonyl (C=O) groups is 1. The van der Waals surface area contributed by atoms with Gasteiger partial charge in [0, 0.05) is 6.07 Å². The van der Waals surface area contributed by atoms with E-state index in [4.69, 9.17) is 16.0 Å². The lowest BCUT2D eigenvalue weighted by molar-refractivity contribution is 0.100. The lowest BCUT2D eigenvalue weighted by Gasteiger charge is -2.06. The van der Waals surface area contributed by atoms with Gasteiger partial charge in [-0.2, -0.15) is 0 Å². The van der Waals surface area contributed by atoms with E-state index < -0.39 is 5.91 Å². The molecule has 2 heterocycles.